The molecule has 2 aromatic rings. The number of hydrogen-bond donors (Lipinski definition) is 0. The predicted octanol–water partition coefficient (Wildman–Crippen LogP) is 2.80. The molecule has 5 heteroatoms. The zero-order valence-electron chi connectivity index (χ0n) is 13.5. The van der Waals surface area contributed by atoms with Gasteiger partial charge >= 0.3 is 0 Å². The van der Waals surface area contributed by atoms with Crippen molar-refractivity contribution in [1.82, 2.24) is 14.9 Å². The summed E-state index contributed by atoms with van der Waals surface area (Å²) in [5, 5.41) is 0. The zero-order valence-corrected chi connectivity index (χ0v) is 13.5. The molecule has 1 amide bonds. The first-order valence-electron chi connectivity index (χ1n) is 7.99. The average molecular weight is 311 g/mol. The molecule has 0 unspecified atom stereocenters. The number of ether oxygens (including phenoxy) is 1. The average Bonchev–Trinajstić information content (AvgIpc) is 3.02. The van der Waals surface area contributed by atoms with Crippen molar-refractivity contribution in [1.29, 1.82) is 0 Å². The maximum absolute atomic E-state index is 12.4. The number of amides is 1. The maximum Gasteiger partial charge on any atom is 0.252 e. The lowest BCUT2D eigenvalue weighted by molar-refractivity contribution is -0.143. The molecule has 0 radical (unpaired) electrons. The van der Waals surface area contributed by atoms with Crippen LogP contribution in [0.4, 0.5) is 0 Å². The molecule has 2 heterocycles. The molecular formula is C18H21N3O2. The van der Waals surface area contributed by atoms with Gasteiger partial charge in [0.1, 0.15) is 6.10 Å². The van der Waals surface area contributed by atoms with Crippen molar-refractivity contribution >= 4 is 5.91 Å². The van der Waals surface area contributed by atoms with Crippen LogP contribution in [-0.4, -0.2) is 33.5 Å². The van der Waals surface area contributed by atoms with Crippen molar-refractivity contribution in [2.24, 2.45) is 0 Å². The smallest absolute Gasteiger partial charge is 0.252 e. The summed E-state index contributed by atoms with van der Waals surface area (Å²) in [6.45, 7) is 5.52. The topological polar surface area (TPSA) is 55.3 Å². The Labute approximate surface area is 136 Å². The minimum absolute atomic E-state index is 0.0118. The van der Waals surface area contributed by atoms with Gasteiger partial charge in [-0.15, -0.1) is 0 Å². The van der Waals surface area contributed by atoms with E-state index in [-0.39, 0.29) is 5.91 Å². The van der Waals surface area contributed by atoms with Crippen LogP contribution in [0.3, 0.4) is 0 Å². The molecular weight excluding hydrogens is 290 g/mol. The van der Waals surface area contributed by atoms with E-state index in [9.17, 15) is 4.79 Å². The fourth-order valence-corrected chi connectivity index (χ4v) is 2.66. The van der Waals surface area contributed by atoms with Gasteiger partial charge in [-0.1, -0.05) is 37.3 Å². The summed E-state index contributed by atoms with van der Waals surface area (Å²) >= 11 is 0. The van der Waals surface area contributed by atoms with E-state index in [1.54, 1.807) is 4.90 Å². The number of carbonyl (C=O) groups excluding carboxylic acids is 1. The van der Waals surface area contributed by atoms with E-state index in [0.29, 0.717) is 25.5 Å². The molecule has 0 N–H and O–H groups in total. The van der Waals surface area contributed by atoms with Gasteiger partial charge in [0.25, 0.3) is 5.91 Å². The first-order chi connectivity index (χ1) is 11.2. The molecule has 0 fully saturated rings. The molecule has 0 bridgehead atoms. The second-order valence-corrected chi connectivity index (χ2v) is 5.74. The summed E-state index contributed by atoms with van der Waals surface area (Å²) in [5.41, 5.74) is 2.93. The van der Waals surface area contributed by atoms with E-state index in [1.807, 2.05) is 50.4 Å². The molecule has 0 saturated heterocycles. The number of fused-ring (bicyclic) bond motifs is 1. The Kier molecular flexibility index (Phi) is 4.67. The first kappa shape index (κ1) is 15.6. The van der Waals surface area contributed by atoms with E-state index in [4.69, 9.17) is 4.74 Å². The molecule has 0 aliphatic carbocycles. The third-order valence-electron chi connectivity index (χ3n) is 3.92. The second kappa shape index (κ2) is 6.87. The van der Waals surface area contributed by atoms with Crippen LogP contribution in [0.15, 0.2) is 36.5 Å². The molecule has 5 nitrogen and oxygen atoms in total. The van der Waals surface area contributed by atoms with Gasteiger partial charge in [-0.2, -0.15) is 0 Å². The van der Waals surface area contributed by atoms with Crippen LogP contribution in [-0.2, 0) is 22.6 Å². The van der Waals surface area contributed by atoms with E-state index < -0.39 is 6.10 Å². The molecule has 1 atom stereocenters. The SMILES string of the molecule is CCCO[C@H](C)C(=O)N1Cc2cnc(-c3ccccc3)nc2C1. The van der Waals surface area contributed by atoms with E-state index in [1.165, 1.54) is 0 Å². The highest BCUT2D eigenvalue weighted by Crippen LogP contribution is 2.24. The van der Waals surface area contributed by atoms with E-state index >= 15 is 0 Å². The third kappa shape index (κ3) is 3.40. The summed E-state index contributed by atoms with van der Waals surface area (Å²) < 4.78 is 5.53. The van der Waals surface area contributed by atoms with Gasteiger partial charge in [-0.05, 0) is 13.3 Å². The van der Waals surface area contributed by atoms with Crippen molar-refractivity contribution in [3.63, 3.8) is 0 Å². The maximum atomic E-state index is 12.4. The second-order valence-electron chi connectivity index (χ2n) is 5.74. The van der Waals surface area contributed by atoms with E-state index in [2.05, 4.69) is 9.97 Å². The molecule has 120 valence electrons. The molecule has 1 aliphatic rings. The standard InChI is InChI=1S/C18H21N3O2/c1-3-9-23-13(2)18(22)21-11-15-10-19-17(20-16(15)12-21)14-7-5-4-6-8-14/h4-8,10,13H,3,9,11-12H2,1-2H3/t13-/m1/s1. The van der Waals surface area contributed by atoms with Gasteiger partial charge in [0.2, 0.25) is 0 Å². The Balaban J connectivity index is 1.73. The zero-order chi connectivity index (χ0) is 16.2. The van der Waals surface area contributed by atoms with Crippen molar-refractivity contribution < 1.29 is 9.53 Å². The van der Waals surface area contributed by atoms with Crippen LogP contribution in [0.1, 0.15) is 31.5 Å². The molecule has 3 rings (SSSR count). The van der Waals surface area contributed by atoms with Crippen molar-refractivity contribution in [3.05, 3.63) is 47.8 Å². The quantitative estimate of drug-likeness (QED) is 0.852. The van der Waals surface area contributed by atoms with Crippen molar-refractivity contribution in [2.75, 3.05) is 6.61 Å². The Bertz CT molecular complexity index is 688. The van der Waals surface area contributed by atoms with Crippen LogP contribution in [0, 0.1) is 0 Å². The highest BCUT2D eigenvalue weighted by molar-refractivity contribution is 5.81. The molecule has 23 heavy (non-hydrogen) atoms. The third-order valence-corrected chi connectivity index (χ3v) is 3.92. The Morgan fingerprint density at radius 2 is 2.09 bits per heavy atom. The van der Waals surface area contributed by atoms with Gasteiger partial charge in [-0.3, -0.25) is 4.79 Å². The van der Waals surface area contributed by atoms with Gasteiger partial charge in [0.05, 0.1) is 12.2 Å². The summed E-state index contributed by atoms with van der Waals surface area (Å²) in [5.74, 6) is 0.714. The molecule has 0 spiro atoms. The van der Waals surface area contributed by atoms with E-state index in [0.717, 1.165) is 23.2 Å². The molecule has 0 saturated carbocycles. The van der Waals surface area contributed by atoms with Crippen LogP contribution in [0.25, 0.3) is 11.4 Å². The number of benzene rings is 1. The lowest BCUT2D eigenvalue weighted by atomic mass is 10.2. The van der Waals surface area contributed by atoms with Gasteiger partial charge in [0, 0.05) is 30.5 Å². The number of carbonyl (C=O) groups is 1. The predicted molar refractivity (Wildman–Crippen MR) is 87.4 cm³/mol. The minimum atomic E-state index is -0.411. The highest BCUT2D eigenvalue weighted by atomic mass is 16.5. The first-order valence-corrected chi connectivity index (χ1v) is 7.99. The monoisotopic (exact) mass is 311 g/mol. The van der Waals surface area contributed by atoms with Crippen LogP contribution < -0.4 is 0 Å². The molecule has 1 aromatic heterocycles. The Morgan fingerprint density at radius 3 is 2.83 bits per heavy atom. The number of hydrogen-bond acceptors (Lipinski definition) is 4. The highest BCUT2D eigenvalue weighted by Gasteiger charge is 2.28. The number of nitrogens with zero attached hydrogens (tertiary/aromatic N) is 3. The van der Waals surface area contributed by atoms with Crippen molar-refractivity contribution in [3.8, 4) is 11.4 Å². The molecule has 1 aromatic carbocycles. The summed E-state index contributed by atoms with van der Waals surface area (Å²) in [6, 6.07) is 9.87. The lowest BCUT2D eigenvalue weighted by Crippen LogP contribution is -2.35. The molecule has 1 aliphatic heterocycles. The summed E-state index contributed by atoms with van der Waals surface area (Å²) in [7, 11) is 0. The number of aromatic nitrogens is 2. The lowest BCUT2D eigenvalue weighted by Gasteiger charge is -2.20. The van der Waals surface area contributed by atoms with Gasteiger partial charge in [-0.25, -0.2) is 9.97 Å². The fraction of sp³-hybridized carbons (Fsp3) is 0.389. The summed E-state index contributed by atoms with van der Waals surface area (Å²) in [6.07, 6.45) is 2.32. The minimum Gasteiger partial charge on any atom is -0.369 e. The van der Waals surface area contributed by atoms with Crippen LogP contribution in [0.2, 0.25) is 0 Å². The van der Waals surface area contributed by atoms with Crippen molar-refractivity contribution in [2.45, 2.75) is 39.5 Å². The van der Waals surface area contributed by atoms with Gasteiger partial charge in [0.15, 0.2) is 5.82 Å². The van der Waals surface area contributed by atoms with Gasteiger partial charge < -0.3 is 9.64 Å². The Hall–Kier alpha value is -2.27. The fourth-order valence-electron chi connectivity index (χ4n) is 2.66. The Morgan fingerprint density at radius 1 is 1.30 bits per heavy atom. The number of rotatable bonds is 5. The largest absolute Gasteiger partial charge is 0.369 e. The normalized spacial score (nSPS) is 14.6. The summed E-state index contributed by atoms with van der Waals surface area (Å²) in [4.78, 5) is 23.3. The van der Waals surface area contributed by atoms with Crippen LogP contribution >= 0.6 is 0 Å². The van der Waals surface area contributed by atoms with Crippen LogP contribution in [0.5, 0.6) is 0 Å².